The molecule has 43 heavy (non-hydrogen) atoms. The van der Waals surface area contributed by atoms with Crippen LogP contribution in [-0.2, 0) is 23.4 Å². The largest absolute Gasteiger partial charge is 0.406 e. The van der Waals surface area contributed by atoms with E-state index in [1.807, 2.05) is 30.4 Å². The van der Waals surface area contributed by atoms with Gasteiger partial charge in [0.15, 0.2) is 0 Å². The van der Waals surface area contributed by atoms with E-state index in [1.54, 1.807) is 49.8 Å². The predicted octanol–water partition coefficient (Wildman–Crippen LogP) is 4.82. The molecule has 1 unspecified atom stereocenters. The van der Waals surface area contributed by atoms with Crippen molar-refractivity contribution >= 4 is 22.5 Å². The van der Waals surface area contributed by atoms with E-state index in [0.29, 0.717) is 42.8 Å². The van der Waals surface area contributed by atoms with Gasteiger partial charge >= 0.3 is 6.18 Å². The third-order valence-corrected chi connectivity index (χ3v) is 7.60. The summed E-state index contributed by atoms with van der Waals surface area (Å²) in [7, 11) is 3.50. The van der Waals surface area contributed by atoms with Gasteiger partial charge in [0.05, 0.1) is 41.5 Å². The SMILES string of the molecule is COCC(C)(C)n1ccc(C(=O)NCc2nc(-c3cc4c(N[C@H]5CN(C)CCC5F)cccc4n3CC(F)(F)F)no2)c1. The number of rotatable bonds is 10. The third kappa shape index (κ3) is 6.85. The molecule has 1 aromatic carbocycles. The number of carbonyl (C=O) groups excluding carboxylic acids is 1. The summed E-state index contributed by atoms with van der Waals surface area (Å²) in [6, 6.07) is 7.61. The molecule has 1 fully saturated rings. The Kier molecular flexibility index (Phi) is 8.52. The predicted molar refractivity (Wildman–Crippen MR) is 153 cm³/mol. The van der Waals surface area contributed by atoms with Crippen LogP contribution in [0.2, 0.25) is 0 Å². The molecule has 0 aliphatic carbocycles. The molecule has 1 amide bonds. The summed E-state index contributed by atoms with van der Waals surface area (Å²) in [6.45, 7) is 4.08. The number of alkyl halides is 4. The number of likely N-dealkylation sites (N-methyl/N-ethyl adjacent to an activating group) is 1. The smallest absolute Gasteiger partial charge is 0.382 e. The van der Waals surface area contributed by atoms with Gasteiger partial charge in [0.2, 0.25) is 11.7 Å². The van der Waals surface area contributed by atoms with E-state index in [4.69, 9.17) is 9.26 Å². The lowest BCUT2D eigenvalue weighted by atomic mass is 10.0. The molecule has 3 aromatic heterocycles. The molecule has 14 heteroatoms. The van der Waals surface area contributed by atoms with Crippen LogP contribution < -0.4 is 10.6 Å². The number of methoxy groups -OCH3 is 1. The molecule has 232 valence electrons. The minimum Gasteiger partial charge on any atom is -0.382 e. The number of nitrogens with zero attached hydrogens (tertiary/aromatic N) is 5. The average molecular weight is 606 g/mol. The van der Waals surface area contributed by atoms with Crippen molar-refractivity contribution in [1.82, 2.24) is 29.5 Å². The number of aromatic nitrogens is 4. The number of ether oxygens (including phenoxy) is 1. The summed E-state index contributed by atoms with van der Waals surface area (Å²) in [5.41, 5.74) is 0.933. The summed E-state index contributed by atoms with van der Waals surface area (Å²) in [4.78, 5) is 19.0. The van der Waals surface area contributed by atoms with Crippen LogP contribution in [0.5, 0.6) is 0 Å². The fraction of sp³-hybridized carbons (Fsp3) is 0.483. The highest BCUT2D eigenvalue weighted by Gasteiger charge is 2.32. The molecule has 0 saturated carbocycles. The van der Waals surface area contributed by atoms with Gasteiger partial charge < -0.3 is 33.9 Å². The molecule has 1 saturated heterocycles. The number of hydrogen-bond donors (Lipinski definition) is 2. The lowest BCUT2D eigenvalue weighted by molar-refractivity contribution is -0.139. The summed E-state index contributed by atoms with van der Waals surface area (Å²) < 4.78 is 69.2. The highest BCUT2D eigenvalue weighted by molar-refractivity contribution is 5.96. The molecule has 1 aliphatic rings. The van der Waals surface area contributed by atoms with Crippen molar-refractivity contribution < 1.29 is 31.6 Å². The van der Waals surface area contributed by atoms with Gasteiger partial charge in [0.1, 0.15) is 12.7 Å². The summed E-state index contributed by atoms with van der Waals surface area (Å²) in [6.07, 6.45) is -1.78. The van der Waals surface area contributed by atoms with Crippen LogP contribution >= 0.6 is 0 Å². The maximum atomic E-state index is 14.7. The molecule has 2 atom stereocenters. The molecule has 5 rings (SSSR count). The normalized spacial score (nSPS) is 18.3. The number of anilines is 1. The first kappa shape index (κ1) is 30.5. The van der Waals surface area contributed by atoms with Crippen molar-refractivity contribution in [2.24, 2.45) is 0 Å². The number of hydrogen-bond acceptors (Lipinski definition) is 7. The van der Waals surface area contributed by atoms with Gasteiger partial charge in [-0.2, -0.15) is 18.2 Å². The molecule has 0 radical (unpaired) electrons. The van der Waals surface area contributed by atoms with E-state index in [0.717, 1.165) is 4.57 Å². The second kappa shape index (κ2) is 12.0. The van der Waals surface area contributed by atoms with Gasteiger partial charge in [-0.05, 0) is 51.6 Å². The van der Waals surface area contributed by atoms with E-state index < -0.39 is 24.9 Å². The lowest BCUT2D eigenvalue weighted by Crippen LogP contribution is -2.47. The van der Waals surface area contributed by atoms with Gasteiger partial charge in [-0.15, -0.1) is 0 Å². The van der Waals surface area contributed by atoms with Gasteiger partial charge in [0, 0.05) is 43.7 Å². The standard InChI is InChI=1S/C29H35F4N7O3/c1-28(2,17-42-4)39-11-8-18(14-39)27(41)34-13-25-36-26(37-43-25)24-12-19-21(35-22-15-38(3)10-9-20(22)30)6-5-7-23(19)40(24)16-29(31,32)33/h5-8,11-12,14,20,22,35H,9-10,13,15-17H2,1-4H3,(H,34,41)/t20?,22-/m0/s1. The Morgan fingerprint density at radius 2 is 2.02 bits per heavy atom. The van der Waals surface area contributed by atoms with Crippen molar-refractivity contribution in [3.8, 4) is 11.5 Å². The monoisotopic (exact) mass is 605 g/mol. The zero-order valence-corrected chi connectivity index (χ0v) is 24.4. The quantitative estimate of drug-likeness (QED) is 0.250. The first-order valence-corrected chi connectivity index (χ1v) is 13.9. The third-order valence-electron chi connectivity index (χ3n) is 7.60. The highest BCUT2D eigenvalue weighted by Crippen LogP contribution is 2.35. The van der Waals surface area contributed by atoms with Crippen molar-refractivity contribution in [3.63, 3.8) is 0 Å². The van der Waals surface area contributed by atoms with Gasteiger partial charge in [-0.3, -0.25) is 4.79 Å². The Balaban J connectivity index is 1.38. The zero-order chi connectivity index (χ0) is 30.9. The summed E-state index contributed by atoms with van der Waals surface area (Å²) in [5.74, 6) is -0.424. The Morgan fingerprint density at radius 3 is 2.77 bits per heavy atom. The Bertz CT molecular complexity index is 1580. The van der Waals surface area contributed by atoms with Crippen LogP contribution in [0, 0.1) is 0 Å². The number of carbonyl (C=O) groups is 1. The van der Waals surface area contributed by atoms with Crippen LogP contribution in [0.4, 0.5) is 23.2 Å². The number of benzene rings is 1. The molecule has 10 nitrogen and oxygen atoms in total. The number of amides is 1. The Morgan fingerprint density at radius 1 is 1.23 bits per heavy atom. The molecular formula is C29H35F4N7O3. The maximum Gasteiger partial charge on any atom is 0.406 e. The Labute approximate surface area is 246 Å². The van der Waals surface area contributed by atoms with Gasteiger partial charge in [-0.1, -0.05) is 11.2 Å². The van der Waals surface area contributed by atoms with Crippen molar-refractivity contribution in [2.45, 2.75) is 57.3 Å². The molecule has 0 bridgehead atoms. The average Bonchev–Trinajstić information content (AvgIpc) is 3.68. The molecule has 2 N–H and O–H groups in total. The number of likely N-dealkylation sites (tertiary alicyclic amines) is 1. The fourth-order valence-corrected chi connectivity index (χ4v) is 5.39. The van der Waals surface area contributed by atoms with Crippen molar-refractivity contribution in [3.05, 3.63) is 54.2 Å². The Hall–Kier alpha value is -3.91. The van der Waals surface area contributed by atoms with Crippen molar-refractivity contribution in [1.29, 1.82) is 0 Å². The molecular weight excluding hydrogens is 570 g/mol. The number of halogens is 4. The zero-order valence-electron chi connectivity index (χ0n) is 24.4. The topological polar surface area (TPSA) is 102 Å². The molecule has 1 aliphatic heterocycles. The molecule has 0 spiro atoms. The minimum absolute atomic E-state index is 0.0233. The highest BCUT2D eigenvalue weighted by atomic mass is 19.4. The maximum absolute atomic E-state index is 14.7. The van der Waals surface area contributed by atoms with E-state index in [9.17, 15) is 22.4 Å². The summed E-state index contributed by atoms with van der Waals surface area (Å²) >= 11 is 0. The second-order valence-electron chi connectivity index (χ2n) is 11.5. The molecule has 4 aromatic rings. The van der Waals surface area contributed by atoms with E-state index in [-0.39, 0.29) is 40.9 Å². The van der Waals surface area contributed by atoms with Crippen LogP contribution in [0.15, 0.2) is 47.2 Å². The molecule has 4 heterocycles. The summed E-state index contributed by atoms with van der Waals surface area (Å²) in [5, 5.41) is 10.3. The number of fused-ring (bicyclic) bond motifs is 1. The van der Waals surface area contributed by atoms with E-state index >= 15 is 0 Å². The second-order valence-corrected chi connectivity index (χ2v) is 11.5. The first-order chi connectivity index (χ1) is 20.3. The van der Waals surface area contributed by atoms with Crippen LogP contribution in [-0.4, -0.2) is 82.3 Å². The van der Waals surface area contributed by atoms with Crippen molar-refractivity contribution in [2.75, 3.05) is 39.2 Å². The van der Waals surface area contributed by atoms with Crippen LogP contribution in [0.25, 0.3) is 22.4 Å². The first-order valence-electron chi connectivity index (χ1n) is 13.9. The van der Waals surface area contributed by atoms with Crippen LogP contribution in [0.1, 0.15) is 36.5 Å². The van der Waals surface area contributed by atoms with E-state index in [2.05, 4.69) is 20.8 Å². The van der Waals surface area contributed by atoms with Crippen LogP contribution in [0.3, 0.4) is 0 Å². The number of piperidine rings is 1. The fourth-order valence-electron chi connectivity index (χ4n) is 5.39. The van der Waals surface area contributed by atoms with Gasteiger partial charge in [0.25, 0.3) is 5.91 Å². The minimum atomic E-state index is -4.53. The number of nitrogens with one attached hydrogen (secondary N) is 2. The lowest BCUT2D eigenvalue weighted by Gasteiger charge is -2.33. The van der Waals surface area contributed by atoms with Gasteiger partial charge in [-0.25, -0.2) is 4.39 Å². The van der Waals surface area contributed by atoms with E-state index in [1.165, 1.54) is 0 Å².